The van der Waals surface area contributed by atoms with Crippen LogP contribution in [0.15, 0.2) is 48.8 Å². The summed E-state index contributed by atoms with van der Waals surface area (Å²) in [6.45, 7) is 4.12. The highest BCUT2D eigenvalue weighted by molar-refractivity contribution is 5.67. The molecule has 0 bridgehead atoms. The molecule has 3 aromatic rings. The summed E-state index contributed by atoms with van der Waals surface area (Å²) >= 11 is 0. The Kier molecular flexibility index (Phi) is 3.20. The molecule has 1 aliphatic rings. The van der Waals surface area contributed by atoms with Gasteiger partial charge in [-0.25, -0.2) is 4.98 Å². The van der Waals surface area contributed by atoms with E-state index in [0.717, 1.165) is 43.1 Å². The van der Waals surface area contributed by atoms with E-state index >= 15 is 0 Å². The molecule has 5 nitrogen and oxygen atoms in total. The largest absolute Gasteiger partial charge is 0.508 e. The van der Waals surface area contributed by atoms with Gasteiger partial charge in [-0.05, 0) is 24.3 Å². The highest BCUT2D eigenvalue weighted by Gasteiger charge is 2.12. The molecule has 1 aromatic carbocycles. The molecule has 5 heteroatoms. The normalized spacial score (nSPS) is 15.4. The Balaban J connectivity index is 1.74. The molecular weight excluding hydrogens is 276 g/mol. The van der Waals surface area contributed by atoms with Gasteiger partial charge < -0.3 is 15.3 Å². The molecule has 22 heavy (non-hydrogen) atoms. The van der Waals surface area contributed by atoms with Crippen LogP contribution in [-0.4, -0.2) is 40.7 Å². The molecule has 0 aliphatic carbocycles. The fraction of sp³-hybridized carbons (Fsp3) is 0.235. The Morgan fingerprint density at radius 1 is 1.09 bits per heavy atom. The van der Waals surface area contributed by atoms with Crippen molar-refractivity contribution < 1.29 is 5.11 Å². The number of hydrogen-bond donors (Lipinski definition) is 2. The van der Waals surface area contributed by atoms with Crippen LogP contribution < -0.4 is 10.2 Å². The van der Waals surface area contributed by atoms with Gasteiger partial charge in [-0.1, -0.05) is 12.1 Å². The molecule has 1 saturated heterocycles. The summed E-state index contributed by atoms with van der Waals surface area (Å²) in [5.74, 6) is 1.10. The quantitative estimate of drug-likeness (QED) is 0.760. The number of piperazine rings is 1. The molecule has 0 saturated carbocycles. The summed E-state index contributed by atoms with van der Waals surface area (Å²) in [5, 5.41) is 13.0. The zero-order valence-corrected chi connectivity index (χ0v) is 12.2. The van der Waals surface area contributed by atoms with Crippen molar-refractivity contribution in [2.45, 2.75) is 0 Å². The van der Waals surface area contributed by atoms with Gasteiger partial charge >= 0.3 is 0 Å². The van der Waals surface area contributed by atoms with Crippen molar-refractivity contribution in [1.82, 2.24) is 14.7 Å². The van der Waals surface area contributed by atoms with Crippen LogP contribution >= 0.6 is 0 Å². The average Bonchev–Trinajstić information content (AvgIpc) is 2.99. The summed E-state index contributed by atoms with van der Waals surface area (Å²) < 4.78 is 2.06. The molecule has 2 aromatic heterocycles. The lowest BCUT2D eigenvalue weighted by molar-refractivity contribution is 0.475. The Hall–Kier alpha value is -2.53. The number of phenolic OH excluding ortho intramolecular Hbond substituents is 1. The van der Waals surface area contributed by atoms with Crippen molar-refractivity contribution in [3.05, 3.63) is 48.8 Å². The van der Waals surface area contributed by atoms with Gasteiger partial charge in [-0.15, -0.1) is 0 Å². The highest BCUT2D eigenvalue weighted by Crippen LogP contribution is 2.25. The summed E-state index contributed by atoms with van der Waals surface area (Å²) in [6, 6.07) is 11.5. The molecule has 4 rings (SSSR count). The number of aromatic nitrogens is 2. The van der Waals surface area contributed by atoms with E-state index in [1.165, 1.54) is 5.69 Å². The molecule has 0 radical (unpaired) electrons. The SMILES string of the molecule is Oc1cccc(-c2ncc3cc(N4CCNCC4)ccn23)c1. The van der Waals surface area contributed by atoms with Gasteiger partial charge in [0.05, 0.1) is 11.7 Å². The van der Waals surface area contributed by atoms with Gasteiger partial charge in [-0.2, -0.15) is 0 Å². The number of hydrogen-bond acceptors (Lipinski definition) is 4. The number of pyridine rings is 1. The molecule has 1 aliphatic heterocycles. The zero-order chi connectivity index (χ0) is 14.9. The van der Waals surface area contributed by atoms with Crippen LogP contribution in [0.5, 0.6) is 5.75 Å². The molecule has 112 valence electrons. The minimum absolute atomic E-state index is 0.256. The third kappa shape index (κ3) is 2.29. The number of fused-ring (bicyclic) bond motifs is 1. The van der Waals surface area contributed by atoms with E-state index < -0.39 is 0 Å². The van der Waals surface area contributed by atoms with Gasteiger partial charge in [0.1, 0.15) is 11.6 Å². The molecule has 2 N–H and O–H groups in total. The second kappa shape index (κ2) is 5.35. The van der Waals surface area contributed by atoms with Gasteiger partial charge in [-0.3, -0.25) is 4.40 Å². The van der Waals surface area contributed by atoms with Crippen LogP contribution in [-0.2, 0) is 0 Å². The van der Waals surface area contributed by atoms with E-state index in [0.29, 0.717) is 0 Å². The first-order valence-electron chi connectivity index (χ1n) is 7.53. The van der Waals surface area contributed by atoms with Crippen LogP contribution in [0.25, 0.3) is 16.9 Å². The van der Waals surface area contributed by atoms with Crippen molar-refractivity contribution in [1.29, 1.82) is 0 Å². The van der Waals surface area contributed by atoms with E-state index in [2.05, 4.69) is 37.9 Å². The predicted octanol–water partition coefficient (Wildman–Crippen LogP) is 2.12. The van der Waals surface area contributed by atoms with Crippen LogP contribution in [0.1, 0.15) is 0 Å². The summed E-state index contributed by atoms with van der Waals surface area (Å²) in [7, 11) is 0. The zero-order valence-electron chi connectivity index (χ0n) is 12.2. The Labute approximate surface area is 128 Å². The van der Waals surface area contributed by atoms with Crippen molar-refractivity contribution in [2.24, 2.45) is 0 Å². The maximum atomic E-state index is 9.65. The summed E-state index contributed by atoms with van der Waals surface area (Å²) in [4.78, 5) is 6.90. The smallest absolute Gasteiger partial charge is 0.144 e. The second-order valence-corrected chi connectivity index (χ2v) is 5.55. The van der Waals surface area contributed by atoms with Crippen LogP contribution in [0.4, 0.5) is 5.69 Å². The lowest BCUT2D eigenvalue weighted by Gasteiger charge is -2.29. The molecule has 1 fully saturated rings. The van der Waals surface area contributed by atoms with E-state index in [9.17, 15) is 5.11 Å². The van der Waals surface area contributed by atoms with Gasteiger partial charge in [0.25, 0.3) is 0 Å². The van der Waals surface area contributed by atoms with Gasteiger partial charge in [0, 0.05) is 43.6 Å². The standard InChI is InChI=1S/C17H18N4O/c22-16-3-1-2-13(10-16)17-19-12-15-11-14(4-7-21(15)17)20-8-5-18-6-9-20/h1-4,7,10-12,18,22H,5-6,8-9H2. The molecule has 0 unspecified atom stereocenters. The maximum absolute atomic E-state index is 9.65. The van der Waals surface area contributed by atoms with Crippen molar-refractivity contribution in [2.75, 3.05) is 31.1 Å². The van der Waals surface area contributed by atoms with Crippen LogP contribution in [0.3, 0.4) is 0 Å². The maximum Gasteiger partial charge on any atom is 0.144 e. The van der Waals surface area contributed by atoms with E-state index in [4.69, 9.17) is 0 Å². The number of rotatable bonds is 2. The number of nitrogens with zero attached hydrogens (tertiary/aromatic N) is 3. The van der Waals surface area contributed by atoms with E-state index in [1.807, 2.05) is 18.3 Å². The lowest BCUT2D eigenvalue weighted by atomic mass is 10.2. The van der Waals surface area contributed by atoms with Gasteiger partial charge in [0.2, 0.25) is 0 Å². The number of aromatic hydroxyl groups is 1. The van der Waals surface area contributed by atoms with Crippen LogP contribution in [0, 0.1) is 0 Å². The Morgan fingerprint density at radius 2 is 1.95 bits per heavy atom. The monoisotopic (exact) mass is 294 g/mol. The minimum atomic E-state index is 0.256. The number of nitrogens with one attached hydrogen (secondary N) is 1. The average molecular weight is 294 g/mol. The molecule has 0 spiro atoms. The Bertz CT molecular complexity index is 805. The Morgan fingerprint density at radius 3 is 2.77 bits per heavy atom. The van der Waals surface area contributed by atoms with Gasteiger partial charge in [0.15, 0.2) is 0 Å². The highest BCUT2D eigenvalue weighted by atomic mass is 16.3. The fourth-order valence-electron chi connectivity index (χ4n) is 2.97. The topological polar surface area (TPSA) is 52.8 Å². The van der Waals surface area contributed by atoms with Crippen LogP contribution in [0.2, 0.25) is 0 Å². The predicted molar refractivity (Wildman–Crippen MR) is 87.4 cm³/mol. The second-order valence-electron chi connectivity index (χ2n) is 5.55. The molecule has 3 heterocycles. The number of imidazole rings is 1. The third-order valence-corrected chi connectivity index (χ3v) is 4.10. The van der Waals surface area contributed by atoms with Crippen molar-refractivity contribution >= 4 is 11.2 Å². The lowest BCUT2D eigenvalue weighted by Crippen LogP contribution is -2.43. The van der Waals surface area contributed by atoms with Crippen molar-refractivity contribution in [3.63, 3.8) is 0 Å². The third-order valence-electron chi connectivity index (χ3n) is 4.10. The first-order chi connectivity index (χ1) is 10.8. The molecule has 0 atom stereocenters. The summed E-state index contributed by atoms with van der Waals surface area (Å²) in [5.41, 5.74) is 3.21. The molecule has 0 amide bonds. The first-order valence-corrected chi connectivity index (χ1v) is 7.53. The minimum Gasteiger partial charge on any atom is -0.508 e. The fourth-order valence-corrected chi connectivity index (χ4v) is 2.97. The molecular formula is C17H18N4O. The number of benzene rings is 1. The first kappa shape index (κ1) is 13.2. The number of phenols is 1. The van der Waals surface area contributed by atoms with Crippen molar-refractivity contribution in [3.8, 4) is 17.1 Å². The van der Waals surface area contributed by atoms with E-state index in [-0.39, 0.29) is 5.75 Å². The van der Waals surface area contributed by atoms with E-state index in [1.54, 1.807) is 12.1 Å². The summed E-state index contributed by atoms with van der Waals surface area (Å²) in [6.07, 6.45) is 3.93. The number of anilines is 1.